The molecule has 3 aromatic rings. The van der Waals surface area contributed by atoms with Crippen LogP contribution in [0.2, 0.25) is 0 Å². The third kappa shape index (κ3) is 4.00. The SMILES string of the molecule is COc1ccc(F)cc1-c1csc(NC(=O)c2ccc(SC)cc2)n1. The van der Waals surface area contributed by atoms with Crippen LogP contribution in [-0.4, -0.2) is 24.3 Å². The van der Waals surface area contributed by atoms with E-state index in [1.807, 2.05) is 18.4 Å². The van der Waals surface area contributed by atoms with Gasteiger partial charge in [0.2, 0.25) is 0 Å². The predicted octanol–water partition coefficient (Wildman–Crippen LogP) is 4.93. The van der Waals surface area contributed by atoms with Gasteiger partial charge in [0.05, 0.1) is 12.8 Å². The van der Waals surface area contributed by atoms with E-state index >= 15 is 0 Å². The predicted molar refractivity (Wildman–Crippen MR) is 100 cm³/mol. The maximum Gasteiger partial charge on any atom is 0.257 e. The monoisotopic (exact) mass is 374 g/mol. The number of thioether (sulfide) groups is 1. The molecule has 0 fully saturated rings. The Bertz CT molecular complexity index is 894. The van der Waals surface area contributed by atoms with Gasteiger partial charge in [-0.25, -0.2) is 9.37 Å². The van der Waals surface area contributed by atoms with Gasteiger partial charge in [-0.05, 0) is 48.7 Å². The van der Waals surface area contributed by atoms with E-state index in [-0.39, 0.29) is 11.7 Å². The third-order valence-electron chi connectivity index (χ3n) is 3.51. The molecule has 3 rings (SSSR count). The van der Waals surface area contributed by atoms with Crippen LogP contribution in [0.4, 0.5) is 9.52 Å². The zero-order valence-corrected chi connectivity index (χ0v) is 15.2. The number of carbonyl (C=O) groups is 1. The van der Waals surface area contributed by atoms with Crippen molar-refractivity contribution in [3.8, 4) is 17.0 Å². The average Bonchev–Trinajstić information content (AvgIpc) is 3.10. The summed E-state index contributed by atoms with van der Waals surface area (Å²) in [6.45, 7) is 0. The average molecular weight is 374 g/mol. The fraction of sp³-hybridized carbons (Fsp3) is 0.111. The van der Waals surface area contributed by atoms with Crippen molar-refractivity contribution in [2.75, 3.05) is 18.7 Å². The van der Waals surface area contributed by atoms with Crippen molar-refractivity contribution in [3.05, 3.63) is 59.2 Å². The molecule has 2 aromatic carbocycles. The van der Waals surface area contributed by atoms with Crippen molar-refractivity contribution < 1.29 is 13.9 Å². The lowest BCUT2D eigenvalue weighted by atomic mass is 10.1. The summed E-state index contributed by atoms with van der Waals surface area (Å²) >= 11 is 2.89. The zero-order valence-electron chi connectivity index (χ0n) is 13.6. The normalized spacial score (nSPS) is 10.5. The maximum atomic E-state index is 13.5. The van der Waals surface area contributed by atoms with Gasteiger partial charge in [0, 0.05) is 21.4 Å². The van der Waals surface area contributed by atoms with Crippen molar-refractivity contribution in [2.45, 2.75) is 4.90 Å². The Balaban J connectivity index is 1.79. The molecule has 1 aromatic heterocycles. The van der Waals surface area contributed by atoms with Gasteiger partial charge in [0.25, 0.3) is 5.91 Å². The minimum Gasteiger partial charge on any atom is -0.496 e. The Morgan fingerprint density at radius 3 is 2.68 bits per heavy atom. The van der Waals surface area contributed by atoms with Gasteiger partial charge in [-0.1, -0.05) is 0 Å². The number of ether oxygens (including phenoxy) is 1. The fourth-order valence-electron chi connectivity index (χ4n) is 2.25. The van der Waals surface area contributed by atoms with E-state index in [0.29, 0.717) is 27.7 Å². The van der Waals surface area contributed by atoms with Crippen LogP contribution < -0.4 is 10.1 Å². The van der Waals surface area contributed by atoms with Gasteiger partial charge in [0.1, 0.15) is 11.6 Å². The number of carbonyl (C=O) groups excluding carboxylic acids is 1. The number of rotatable bonds is 5. The molecular formula is C18H15FN2O2S2. The molecule has 0 aliphatic rings. The summed E-state index contributed by atoms with van der Waals surface area (Å²) < 4.78 is 18.8. The Hall–Kier alpha value is -2.38. The highest BCUT2D eigenvalue weighted by Crippen LogP contribution is 2.32. The van der Waals surface area contributed by atoms with E-state index in [4.69, 9.17) is 4.74 Å². The van der Waals surface area contributed by atoms with Gasteiger partial charge in [-0.3, -0.25) is 10.1 Å². The number of halogens is 1. The van der Waals surface area contributed by atoms with Crippen LogP contribution in [0.3, 0.4) is 0 Å². The Morgan fingerprint density at radius 1 is 1.24 bits per heavy atom. The van der Waals surface area contributed by atoms with Gasteiger partial charge < -0.3 is 4.74 Å². The second kappa shape index (κ2) is 7.67. The van der Waals surface area contributed by atoms with Crippen LogP contribution in [0, 0.1) is 5.82 Å². The van der Waals surface area contributed by atoms with E-state index in [1.165, 1.54) is 30.6 Å². The number of hydrogen-bond acceptors (Lipinski definition) is 5. The van der Waals surface area contributed by atoms with Gasteiger partial charge in [0.15, 0.2) is 5.13 Å². The molecule has 1 heterocycles. The highest BCUT2D eigenvalue weighted by molar-refractivity contribution is 7.98. The standard InChI is InChI=1S/C18H15FN2O2S2/c1-23-16-8-5-12(19)9-14(16)15-10-25-18(20-15)21-17(22)11-3-6-13(24-2)7-4-11/h3-10H,1-2H3,(H,20,21,22). The van der Waals surface area contributed by atoms with Crippen LogP contribution in [0.15, 0.2) is 52.7 Å². The summed E-state index contributed by atoms with van der Waals surface area (Å²) in [5, 5.41) is 4.96. The van der Waals surface area contributed by atoms with Gasteiger partial charge in [-0.15, -0.1) is 23.1 Å². The summed E-state index contributed by atoms with van der Waals surface area (Å²) in [6.07, 6.45) is 1.98. The molecule has 0 atom stereocenters. The molecule has 0 aliphatic heterocycles. The number of amides is 1. The summed E-state index contributed by atoms with van der Waals surface area (Å²) in [5.74, 6) is -0.0831. The highest BCUT2D eigenvalue weighted by Gasteiger charge is 2.13. The van der Waals surface area contributed by atoms with Crippen LogP contribution in [0.1, 0.15) is 10.4 Å². The number of aromatic nitrogens is 1. The quantitative estimate of drug-likeness (QED) is 0.643. The molecule has 1 amide bonds. The zero-order chi connectivity index (χ0) is 17.8. The second-order valence-electron chi connectivity index (χ2n) is 5.07. The first kappa shape index (κ1) is 17.4. The number of nitrogens with zero attached hydrogens (tertiary/aromatic N) is 1. The molecule has 7 heteroatoms. The minimum absolute atomic E-state index is 0.236. The Labute approximate surface area is 153 Å². The highest BCUT2D eigenvalue weighted by atomic mass is 32.2. The lowest BCUT2D eigenvalue weighted by Gasteiger charge is -2.06. The van der Waals surface area contributed by atoms with Crippen molar-refractivity contribution in [1.29, 1.82) is 0 Å². The van der Waals surface area contributed by atoms with Gasteiger partial charge >= 0.3 is 0 Å². The molecule has 0 unspecified atom stereocenters. The number of thiazole rings is 1. The lowest BCUT2D eigenvalue weighted by molar-refractivity contribution is 0.102. The van der Waals surface area contributed by atoms with Crippen LogP contribution in [0.5, 0.6) is 5.75 Å². The lowest BCUT2D eigenvalue weighted by Crippen LogP contribution is -2.11. The molecule has 0 aliphatic carbocycles. The van der Waals surface area contributed by atoms with Crippen molar-refractivity contribution in [2.24, 2.45) is 0 Å². The smallest absolute Gasteiger partial charge is 0.257 e. The van der Waals surface area contributed by atoms with E-state index in [0.717, 1.165) is 4.90 Å². The number of nitrogens with one attached hydrogen (secondary N) is 1. The number of methoxy groups -OCH3 is 1. The molecule has 0 spiro atoms. The largest absolute Gasteiger partial charge is 0.496 e. The Kier molecular flexibility index (Phi) is 5.35. The molecule has 128 valence electrons. The van der Waals surface area contributed by atoms with Gasteiger partial charge in [-0.2, -0.15) is 0 Å². The molecular weight excluding hydrogens is 359 g/mol. The van der Waals surface area contributed by atoms with Crippen LogP contribution >= 0.6 is 23.1 Å². The molecule has 0 saturated heterocycles. The van der Waals surface area contributed by atoms with E-state index in [2.05, 4.69) is 10.3 Å². The van der Waals surface area contributed by atoms with E-state index in [9.17, 15) is 9.18 Å². The van der Waals surface area contributed by atoms with Crippen LogP contribution in [0.25, 0.3) is 11.3 Å². The first-order valence-electron chi connectivity index (χ1n) is 7.35. The first-order chi connectivity index (χ1) is 12.1. The summed E-state index contributed by atoms with van der Waals surface area (Å²) in [4.78, 5) is 17.8. The number of anilines is 1. The maximum absolute atomic E-state index is 13.5. The molecule has 4 nitrogen and oxygen atoms in total. The molecule has 0 radical (unpaired) electrons. The minimum atomic E-state index is -0.372. The number of hydrogen-bond donors (Lipinski definition) is 1. The summed E-state index contributed by atoms with van der Waals surface area (Å²) in [7, 11) is 1.52. The third-order valence-corrected chi connectivity index (χ3v) is 5.02. The van der Waals surface area contributed by atoms with Crippen molar-refractivity contribution >= 4 is 34.1 Å². The van der Waals surface area contributed by atoms with E-state index in [1.54, 1.807) is 35.3 Å². The van der Waals surface area contributed by atoms with E-state index < -0.39 is 0 Å². The van der Waals surface area contributed by atoms with Crippen molar-refractivity contribution in [3.63, 3.8) is 0 Å². The number of benzene rings is 2. The second-order valence-corrected chi connectivity index (χ2v) is 6.80. The fourth-order valence-corrected chi connectivity index (χ4v) is 3.36. The first-order valence-corrected chi connectivity index (χ1v) is 9.46. The molecule has 0 saturated carbocycles. The topological polar surface area (TPSA) is 51.2 Å². The molecule has 25 heavy (non-hydrogen) atoms. The summed E-state index contributed by atoms with van der Waals surface area (Å²) in [5.41, 5.74) is 1.65. The van der Waals surface area contributed by atoms with Crippen molar-refractivity contribution in [1.82, 2.24) is 4.98 Å². The molecule has 1 N–H and O–H groups in total. The Morgan fingerprint density at radius 2 is 2.00 bits per heavy atom. The molecule has 0 bridgehead atoms. The van der Waals surface area contributed by atoms with Crippen LogP contribution in [-0.2, 0) is 0 Å². The summed E-state index contributed by atoms with van der Waals surface area (Å²) in [6, 6.07) is 11.6.